The van der Waals surface area contributed by atoms with Crippen molar-refractivity contribution in [2.24, 2.45) is 13.0 Å². The van der Waals surface area contributed by atoms with Crippen LogP contribution in [0.1, 0.15) is 34.7 Å². The number of hydrogen-bond acceptors (Lipinski definition) is 4. The molecule has 4 heterocycles. The summed E-state index contributed by atoms with van der Waals surface area (Å²) in [5.74, 6) is 1.46. The van der Waals surface area contributed by atoms with Gasteiger partial charge in [-0.05, 0) is 55.9 Å². The fourth-order valence-electron chi connectivity index (χ4n) is 3.84. The molecular weight excluding hydrogens is 350 g/mol. The van der Waals surface area contributed by atoms with Crippen molar-refractivity contribution in [1.29, 1.82) is 0 Å². The number of imidazole rings is 1. The minimum absolute atomic E-state index is 0.0327. The monoisotopic (exact) mass is 375 g/mol. The van der Waals surface area contributed by atoms with Gasteiger partial charge >= 0.3 is 0 Å². The second kappa shape index (κ2) is 7.92. The lowest BCUT2D eigenvalue weighted by atomic mass is 9.91. The molecule has 1 aliphatic heterocycles. The van der Waals surface area contributed by atoms with E-state index in [0.717, 1.165) is 49.6 Å². The number of pyridine rings is 2. The van der Waals surface area contributed by atoms with Crippen molar-refractivity contribution in [2.45, 2.75) is 26.2 Å². The highest BCUT2D eigenvalue weighted by Crippen LogP contribution is 2.23. The van der Waals surface area contributed by atoms with E-state index < -0.39 is 0 Å². The maximum absolute atomic E-state index is 12.7. The van der Waals surface area contributed by atoms with E-state index in [9.17, 15) is 4.79 Å². The summed E-state index contributed by atoms with van der Waals surface area (Å²) in [5, 5.41) is 0. The van der Waals surface area contributed by atoms with Crippen LogP contribution in [0.5, 0.6) is 0 Å². The van der Waals surface area contributed by atoms with Crippen molar-refractivity contribution >= 4 is 5.91 Å². The Hall–Kier alpha value is -3.02. The second-order valence-corrected chi connectivity index (χ2v) is 7.48. The number of aryl methyl sites for hydroxylation is 1. The largest absolute Gasteiger partial charge is 0.337 e. The molecule has 0 radical (unpaired) electrons. The zero-order chi connectivity index (χ0) is 19.5. The first-order valence-electron chi connectivity index (χ1n) is 9.76. The van der Waals surface area contributed by atoms with Gasteiger partial charge in [-0.2, -0.15) is 0 Å². The number of nitrogens with zero attached hydrogens (tertiary/aromatic N) is 5. The van der Waals surface area contributed by atoms with Gasteiger partial charge in [0.2, 0.25) is 0 Å². The van der Waals surface area contributed by atoms with Crippen molar-refractivity contribution in [1.82, 2.24) is 24.4 Å². The van der Waals surface area contributed by atoms with Crippen molar-refractivity contribution in [3.63, 3.8) is 0 Å². The van der Waals surface area contributed by atoms with E-state index >= 15 is 0 Å². The lowest BCUT2D eigenvalue weighted by Crippen LogP contribution is -2.40. The number of aromatic nitrogens is 4. The molecule has 1 fully saturated rings. The highest BCUT2D eigenvalue weighted by atomic mass is 16.2. The molecule has 6 heteroatoms. The number of piperidine rings is 1. The van der Waals surface area contributed by atoms with E-state index in [2.05, 4.69) is 27.1 Å². The summed E-state index contributed by atoms with van der Waals surface area (Å²) >= 11 is 0. The van der Waals surface area contributed by atoms with Crippen LogP contribution in [0.2, 0.25) is 0 Å². The average Bonchev–Trinajstić information content (AvgIpc) is 3.07. The standard InChI is InChI=1S/C22H25N5O/c1-16-24-14-21(26(16)2)19-9-8-17(13-25-19)12-18-6-5-11-27(15-18)22(28)20-7-3-4-10-23-20/h3-4,7-10,13-14,18H,5-6,11-12,15H2,1-2H3. The number of carbonyl (C=O) groups excluding carboxylic acids is 1. The number of amides is 1. The molecule has 144 valence electrons. The third-order valence-electron chi connectivity index (χ3n) is 5.52. The molecule has 1 amide bonds. The Bertz CT molecular complexity index is 949. The molecule has 3 aromatic heterocycles. The Morgan fingerprint density at radius 3 is 2.71 bits per heavy atom. The fourth-order valence-corrected chi connectivity index (χ4v) is 3.84. The van der Waals surface area contributed by atoms with Crippen molar-refractivity contribution < 1.29 is 4.79 Å². The van der Waals surface area contributed by atoms with Gasteiger partial charge in [-0.1, -0.05) is 12.1 Å². The molecule has 0 aliphatic carbocycles. The molecule has 0 aromatic carbocycles. The van der Waals surface area contributed by atoms with Crippen molar-refractivity contribution in [3.05, 3.63) is 66.0 Å². The van der Waals surface area contributed by atoms with Crippen LogP contribution in [0.4, 0.5) is 0 Å². The highest BCUT2D eigenvalue weighted by molar-refractivity contribution is 5.92. The summed E-state index contributed by atoms with van der Waals surface area (Å²) in [7, 11) is 2.00. The first-order valence-corrected chi connectivity index (χ1v) is 9.76. The van der Waals surface area contributed by atoms with Crippen LogP contribution in [-0.4, -0.2) is 43.4 Å². The van der Waals surface area contributed by atoms with Crippen molar-refractivity contribution in [2.75, 3.05) is 13.1 Å². The normalized spacial score (nSPS) is 16.9. The molecule has 0 bridgehead atoms. The Morgan fingerprint density at radius 2 is 2.04 bits per heavy atom. The van der Waals surface area contributed by atoms with E-state index in [-0.39, 0.29) is 5.91 Å². The first kappa shape index (κ1) is 18.3. The summed E-state index contributed by atoms with van der Waals surface area (Å²) in [6, 6.07) is 9.68. The van der Waals surface area contributed by atoms with Gasteiger partial charge in [-0.15, -0.1) is 0 Å². The van der Waals surface area contributed by atoms with Crippen LogP contribution in [0, 0.1) is 12.8 Å². The van der Waals surface area contributed by atoms with Crippen LogP contribution in [0.25, 0.3) is 11.4 Å². The Balaban J connectivity index is 1.41. The van der Waals surface area contributed by atoms with E-state index in [0.29, 0.717) is 11.6 Å². The van der Waals surface area contributed by atoms with Crippen LogP contribution in [0.3, 0.4) is 0 Å². The van der Waals surface area contributed by atoms with Crippen LogP contribution >= 0.6 is 0 Å². The zero-order valence-corrected chi connectivity index (χ0v) is 16.4. The van der Waals surface area contributed by atoms with Gasteiger partial charge in [0.05, 0.1) is 17.6 Å². The molecule has 0 N–H and O–H groups in total. The summed E-state index contributed by atoms with van der Waals surface area (Å²) in [6.07, 6.45) is 8.59. The summed E-state index contributed by atoms with van der Waals surface area (Å²) in [4.78, 5) is 27.8. The molecule has 0 saturated carbocycles. The molecule has 1 unspecified atom stereocenters. The van der Waals surface area contributed by atoms with Crippen LogP contribution in [-0.2, 0) is 13.5 Å². The molecular formula is C22H25N5O. The number of hydrogen-bond donors (Lipinski definition) is 0. The molecule has 1 aliphatic rings. The SMILES string of the molecule is Cc1ncc(-c2ccc(CC3CCCN(C(=O)c4ccccn4)C3)cn2)n1C. The number of rotatable bonds is 4. The molecule has 1 saturated heterocycles. The van der Waals surface area contributed by atoms with Gasteiger partial charge in [-0.3, -0.25) is 14.8 Å². The van der Waals surface area contributed by atoms with E-state index in [1.54, 1.807) is 12.3 Å². The summed E-state index contributed by atoms with van der Waals surface area (Å²) < 4.78 is 2.05. The summed E-state index contributed by atoms with van der Waals surface area (Å²) in [5.41, 5.74) is 3.69. The maximum atomic E-state index is 12.7. The van der Waals surface area contributed by atoms with Gasteiger partial charge in [-0.25, -0.2) is 4.98 Å². The topological polar surface area (TPSA) is 63.9 Å². The van der Waals surface area contributed by atoms with Crippen LogP contribution < -0.4 is 0 Å². The molecule has 6 nitrogen and oxygen atoms in total. The number of likely N-dealkylation sites (tertiary alicyclic amines) is 1. The van der Waals surface area contributed by atoms with Gasteiger partial charge in [0.1, 0.15) is 11.5 Å². The molecule has 28 heavy (non-hydrogen) atoms. The first-order chi connectivity index (χ1) is 13.6. The van der Waals surface area contributed by atoms with E-state index in [1.165, 1.54) is 5.56 Å². The van der Waals surface area contributed by atoms with E-state index in [1.807, 2.05) is 48.0 Å². The predicted molar refractivity (Wildman–Crippen MR) is 108 cm³/mol. The predicted octanol–water partition coefficient (Wildman–Crippen LogP) is 3.28. The minimum Gasteiger partial charge on any atom is -0.337 e. The van der Waals surface area contributed by atoms with Gasteiger partial charge < -0.3 is 9.47 Å². The fraction of sp³-hybridized carbons (Fsp3) is 0.364. The van der Waals surface area contributed by atoms with Crippen LogP contribution in [0.15, 0.2) is 48.9 Å². The number of carbonyl (C=O) groups is 1. The van der Waals surface area contributed by atoms with Gasteiger partial charge in [0.15, 0.2) is 0 Å². The quantitative estimate of drug-likeness (QED) is 0.702. The lowest BCUT2D eigenvalue weighted by Gasteiger charge is -2.32. The Morgan fingerprint density at radius 1 is 1.14 bits per heavy atom. The zero-order valence-electron chi connectivity index (χ0n) is 16.4. The van der Waals surface area contributed by atoms with Crippen molar-refractivity contribution in [3.8, 4) is 11.4 Å². The Labute approximate surface area is 165 Å². The lowest BCUT2D eigenvalue weighted by molar-refractivity contribution is 0.0667. The average molecular weight is 375 g/mol. The smallest absolute Gasteiger partial charge is 0.272 e. The third kappa shape index (κ3) is 3.81. The summed E-state index contributed by atoms with van der Waals surface area (Å²) in [6.45, 7) is 3.57. The maximum Gasteiger partial charge on any atom is 0.272 e. The van der Waals surface area contributed by atoms with E-state index in [4.69, 9.17) is 0 Å². The second-order valence-electron chi connectivity index (χ2n) is 7.48. The highest BCUT2D eigenvalue weighted by Gasteiger charge is 2.25. The van der Waals surface area contributed by atoms with Gasteiger partial charge in [0, 0.05) is 32.5 Å². The third-order valence-corrected chi connectivity index (χ3v) is 5.52. The minimum atomic E-state index is 0.0327. The molecule has 4 rings (SSSR count). The Kier molecular flexibility index (Phi) is 5.19. The molecule has 3 aromatic rings. The van der Waals surface area contributed by atoms with Gasteiger partial charge in [0.25, 0.3) is 5.91 Å². The molecule has 1 atom stereocenters. The molecule has 0 spiro atoms.